The first-order chi connectivity index (χ1) is 5.97. The Morgan fingerprint density at radius 3 is 2.54 bits per heavy atom. The molecule has 0 aliphatic rings. The van der Waals surface area contributed by atoms with Crippen LogP contribution in [-0.4, -0.2) is 14.5 Å². The van der Waals surface area contributed by atoms with Gasteiger partial charge in [-0.05, 0) is 37.3 Å². The second-order valence-electron chi connectivity index (χ2n) is 3.98. The second kappa shape index (κ2) is 4.20. The van der Waals surface area contributed by atoms with Gasteiger partial charge in [-0.25, -0.2) is 0 Å². The smallest absolute Gasteiger partial charge is 0.172 e. The largest absolute Gasteiger partial charge is 0.329 e. The van der Waals surface area contributed by atoms with E-state index >= 15 is 0 Å². The molecule has 0 atom stereocenters. The van der Waals surface area contributed by atoms with Crippen LogP contribution >= 0.6 is 15.9 Å². The molecule has 1 aromatic carbocycles. The van der Waals surface area contributed by atoms with Crippen molar-refractivity contribution >= 4 is 30.4 Å². The molecule has 0 fully saturated rings. The van der Waals surface area contributed by atoms with E-state index in [1.165, 1.54) is 0 Å². The highest BCUT2D eigenvalue weighted by molar-refractivity contribution is 9.10. The van der Waals surface area contributed by atoms with E-state index in [1.54, 1.807) is 0 Å². The number of hydrogen-bond acceptors (Lipinski definition) is 1. The standard InChI is InChI=1S/C10H14BrNSi/c1-13(2,3)12-8-9-5-4-6-10(11)7-9/h4-8H,1-3H3. The molecule has 0 heterocycles. The van der Waals surface area contributed by atoms with Crippen molar-refractivity contribution in [2.24, 2.45) is 4.66 Å². The molecular weight excluding hydrogens is 242 g/mol. The van der Waals surface area contributed by atoms with Gasteiger partial charge in [0.1, 0.15) is 0 Å². The Morgan fingerprint density at radius 2 is 2.00 bits per heavy atom. The van der Waals surface area contributed by atoms with Crippen molar-refractivity contribution in [3.8, 4) is 0 Å². The van der Waals surface area contributed by atoms with Crippen LogP contribution < -0.4 is 0 Å². The van der Waals surface area contributed by atoms with Gasteiger partial charge in [-0.2, -0.15) is 0 Å². The van der Waals surface area contributed by atoms with Crippen LogP contribution in [0.25, 0.3) is 0 Å². The van der Waals surface area contributed by atoms with Gasteiger partial charge in [0, 0.05) is 10.7 Å². The number of hydrogen-bond donors (Lipinski definition) is 0. The summed E-state index contributed by atoms with van der Waals surface area (Å²) in [6.07, 6.45) is 1.97. The van der Waals surface area contributed by atoms with E-state index in [0.29, 0.717) is 0 Å². The van der Waals surface area contributed by atoms with E-state index < -0.39 is 8.24 Å². The molecule has 0 radical (unpaired) electrons. The van der Waals surface area contributed by atoms with E-state index in [-0.39, 0.29) is 0 Å². The van der Waals surface area contributed by atoms with Crippen LogP contribution in [-0.2, 0) is 0 Å². The lowest BCUT2D eigenvalue weighted by Gasteiger charge is -2.07. The average molecular weight is 256 g/mol. The maximum atomic E-state index is 4.56. The number of halogens is 1. The van der Waals surface area contributed by atoms with Crippen LogP contribution in [0.15, 0.2) is 33.4 Å². The van der Waals surface area contributed by atoms with Crippen LogP contribution in [0.2, 0.25) is 19.6 Å². The lowest BCUT2D eigenvalue weighted by Crippen LogP contribution is -2.16. The predicted molar refractivity (Wildman–Crippen MR) is 65.1 cm³/mol. The summed E-state index contributed by atoms with van der Waals surface area (Å²) in [6, 6.07) is 8.18. The highest BCUT2D eigenvalue weighted by Gasteiger charge is 2.08. The minimum absolute atomic E-state index is 1.10. The van der Waals surface area contributed by atoms with Gasteiger partial charge in [0.2, 0.25) is 0 Å². The van der Waals surface area contributed by atoms with Gasteiger partial charge in [-0.1, -0.05) is 28.1 Å². The zero-order valence-corrected chi connectivity index (χ0v) is 10.8. The maximum absolute atomic E-state index is 4.56. The first-order valence-electron chi connectivity index (χ1n) is 4.28. The SMILES string of the molecule is C[Si](C)(C)N=Cc1cccc(Br)c1. The molecule has 1 nitrogen and oxygen atoms in total. The Morgan fingerprint density at radius 1 is 1.31 bits per heavy atom. The monoisotopic (exact) mass is 255 g/mol. The topological polar surface area (TPSA) is 12.4 Å². The quantitative estimate of drug-likeness (QED) is 0.565. The Balaban J connectivity index is 2.80. The molecule has 0 unspecified atom stereocenters. The maximum Gasteiger partial charge on any atom is 0.172 e. The Bertz CT molecular complexity index is 315. The van der Waals surface area contributed by atoms with E-state index in [0.717, 1.165) is 10.0 Å². The summed E-state index contributed by atoms with van der Waals surface area (Å²) in [5, 5.41) is 0. The molecule has 0 amide bonds. The zero-order valence-electron chi connectivity index (χ0n) is 8.21. The van der Waals surface area contributed by atoms with Gasteiger partial charge in [-0.3, -0.25) is 0 Å². The van der Waals surface area contributed by atoms with Gasteiger partial charge < -0.3 is 4.66 Å². The fourth-order valence-corrected chi connectivity index (χ4v) is 1.81. The Kier molecular flexibility index (Phi) is 3.45. The van der Waals surface area contributed by atoms with Gasteiger partial charge in [0.05, 0.1) is 0 Å². The van der Waals surface area contributed by atoms with Crippen molar-refractivity contribution in [1.82, 2.24) is 0 Å². The molecule has 0 aliphatic heterocycles. The van der Waals surface area contributed by atoms with Crippen molar-refractivity contribution < 1.29 is 0 Å². The lowest BCUT2D eigenvalue weighted by atomic mass is 10.2. The summed E-state index contributed by atoms with van der Waals surface area (Å²) >= 11 is 3.43. The summed E-state index contributed by atoms with van der Waals surface area (Å²) in [5.41, 5.74) is 1.16. The Hall–Kier alpha value is -0.413. The molecule has 0 bridgehead atoms. The molecule has 70 valence electrons. The first-order valence-corrected chi connectivity index (χ1v) is 8.52. The van der Waals surface area contributed by atoms with Crippen molar-refractivity contribution in [1.29, 1.82) is 0 Å². The third-order valence-electron chi connectivity index (χ3n) is 1.45. The van der Waals surface area contributed by atoms with Crippen LogP contribution in [0, 0.1) is 0 Å². The minimum atomic E-state index is -1.30. The van der Waals surface area contributed by atoms with E-state index in [9.17, 15) is 0 Å². The molecule has 1 aromatic rings. The molecule has 13 heavy (non-hydrogen) atoms. The number of benzene rings is 1. The zero-order chi connectivity index (χ0) is 9.90. The summed E-state index contributed by atoms with van der Waals surface area (Å²) in [6.45, 7) is 6.67. The Labute approximate surface area is 89.1 Å². The highest BCUT2D eigenvalue weighted by Crippen LogP contribution is 2.11. The minimum Gasteiger partial charge on any atom is -0.329 e. The molecule has 0 spiro atoms. The molecule has 0 aromatic heterocycles. The number of nitrogens with zero attached hydrogens (tertiary/aromatic N) is 1. The highest BCUT2D eigenvalue weighted by atomic mass is 79.9. The molecule has 1 rings (SSSR count). The fourth-order valence-electron chi connectivity index (χ4n) is 0.855. The van der Waals surface area contributed by atoms with Gasteiger partial charge in [0.25, 0.3) is 0 Å². The first kappa shape index (κ1) is 10.7. The van der Waals surface area contributed by atoms with Gasteiger partial charge in [-0.15, -0.1) is 0 Å². The van der Waals surface area contributed by atoms with E-state index in [2.05, 4.69) is 52.4 Å². The third kappa shape index (κ3) is 4.38. The normalized spacial score (nSPS) is 12.3. The summed E-state index contributed by atoms with van der Waals surface area (Å²) in [4.78, 5) is 0. The third-order valence-corrected chi connectivity index (χ3v) is 2.85. The molecule has 0 aliphatic carbocycles. The summed E-state index contributed by atoms with van der Waals surface area (Å²) in [5.74, 6) is 0. The van der Waals surface area contributed by atoms with Gasteiger partial charge in [0.15, 0.2) is 8.24 Å². The van der Waals surface area contributed by atoms with Crippen molar-refractivity contribution in [2.45, 2.75) is 19.6 Å². The van der Waals surface area contributed by atoms with Crippen molar-refractivity contribution in [3.63, 3.8) is 0 Å². The molecular formula is C10H14BrNSi. The second-order valence-corrected chi connectivity index (χ2v) is 9.50. The van der Waals surface area contributed by atoms with Crippen LogP contribution in [0.1, 0.15) is 5.56 Å². The molecule has 0 N–H and O–H groups in total. The van der Waals surface area contributed by atoms with Crippen LogP contribution in [0.4, 0.5) is 0 Å². The summed E-state index contributed by atoms with van der Waals surface area (Å²) in [7, 11) is -1.30. The van der Waals surface area contributed by atoms with Crippen molar-refractivity contribution in [3.05, 3.63) is 34.3 Å². The predicted octanol–water partition coefficient (Wildman–Crippen LogP) is 3.70. The van der Waals surface area contributed by atoms with Crippen molar-refractivity contribution in [2.75, 3.05) is 0 Å². The fraction of sp³-hybridized carbons (Fsp3) is 0.300. The van der Waals surface area contributed by atoms with Crippen LogP contribution in [0.5, 0.6) is 0 Å². The average Bonchev–Trinajstić information content (AvgIpc) is 2.00. The molecule has 3 heteroatoms. The van der Waals surface area contributed by atoms with Gasteiger partial charge >= 0.3 is 0 Å². The van der Waals surface area contributed by atoms with E-state index in [1.807, 2.05) is 18.3 Å². The number of rotatable bonds is 2. The van der Waals surface area contributed by atoms with Crippen LogP contribution in [0.3, 0.4) is 0 Å². The lowest BCUT2D eigenvalue weighted by molar-refractivity contribution is 1.55. The summed E-state index contributed by atoms with van der Waals surface area (Å²) < 4.78 is 5.66. The van der Waals surface area contributed by atoms with E-state index in [4.69, 9.17) is 0 Å². The molecule has 0 saturated carbocycles. The molecule has 0 saturated heterocycles.